The molecule has 1 unspecified atom stereocenters. The predicted molar refractivity (Wildman–Crippen MR) is 59.1 cm³/mol. The molecule has 5 heteroatoms. The second-order valence-corrected chi connectivity index (χ2v) is 8.89. The van der Waals surface area contributed by atoms with Crippen molar-refractivity contribution in [2.24, 2.45) is 0 Å². The zero-order valence-electron chi connectivity index (χ0n) is 7.16. The van der Waals surface area contributed by atoms with Gasteiger partial charge in [0.1, 0.15) is 0 Å². The maximum absolute atomic E-state index is 5.13. The molecule has 0 fully saturated rings. The zero-order valence-corrected chi connectivity index (χ0v) is 12.5. The number of methoxy groups -OCH3 is 1. The van der Waals surface area contributed by atoms with Crippen LogP contribution in [0.3, 0.4) is 0 Å². The molecule has 1 aliphatic rings. The van der Waals surface area contributed by atoms with Gasteiger partial charge in [-0.05, 0) is 0 Å². The van der Waals surface area contributed by atoms with E-state index in [4.69, 9.17) is 4.74 Å². The molecule has 0 saturated heterocycles. The number of rotatable bonds is 1. The van der Waals surface area contributed by atoms with Gasteiger partial charge in [0.05, 0.1) is 0 Å². The van der Waals surface area contributed by atoms with E-state index >= 15 is 0 Å². The van der Waals surface area contributed by atoms with Gasteiger partial charge < -0.3 is 0 Å². The zero-order chi connectivity index (χ0) is 9.47. The van der Waals surface area contributed by atoms with Crippen LogP contribution >= 0.6 is 12.6 Å². The number of hydrogen-bond acceptors (Lipinski definition) is 4. The Kier molecular flexibility index (Phi) is 2.35. The Morgan fingerprint density at radius 1 is 1.38 bits per heavy atom. The van der Waals surface area contributed by atoms with Crippen LogP contribution in [0.1, 0.15) is 0 Å². The van der Waals surface area contributed by atoms with Crippen LogP contribution in [0.25, 0.3) is 0 Å². The summed E-state index contributed by atoms with van der Waals surface area (Å²) in [7, 11) is 1.67. The third-order valence-electron chi connectivity index (χ3n) is 1.88. The van der Waals surface area contributed by atoms with Crippen molar-refractivity contribution < 1.29 is 4.74 Å². The van der Waals surface area contributed by atoms with Crippen LogP contribution in [0.4, 0.5) is 11.4 Å². The SMILES string of the molecule is COc1ccc2c(c1)N[C](S)([PbH])N2. The first-order valence-corrected chi connectivity index (χ1v) is 6.55. The van der Waals surface area contributed by atoms with Crippen LogP contribution in [0.15, 0.2) is 18.2 Å². The summed E-state index contributed by atoms with van der Waals surface area (Å²) in [6, 6.07) is 5.91. The summed E-state index contributed by atoms with van der Waals surface area (Å²) in [6.07, 6.45) is 0. The second-order valence-electron chi connectivity index (χ2n) is 2.93. The molecule has 2 N–H and O–H groups in total. The monoisotopic (exact) mass is 390 g/mol. The molecule has 2 radical (unpaired) electrons. The summed E-state index contributed by atoms with van der Waals surface area (Å²) in [5.41, 5.74) is 2.16. The molecule has 0 bridgehead atoms. The van der Waals surface area contributed by atoms with Crippen molar-refractivity contribution in [3.63, 3.8) is 0 Å². The van der Waals surface area contributed by atoms with Gasteiger partial charge in [0, 0.05) is 0 Å². The van der Waals surface area contributed by atoms with Crippen molar-refractivity contribution in [2.75, 3.05) is 17.7 Å². The first kappa shape index (κ1) is 9.45. The van der Waals surface area contributed by atoms with E-state index in [0.717, 1.165) is 17.1 Å². The number of ether oxygens (including phenoxy) is 1. The van der Waals surface area contributed by atoms with E-state index in [-0.39, 0.29) is 2.55 Å². The van der Waals surface area contributed by atoms with Crippen LogP contribution in [-0.2, 0) is 0 Å². The molecule has 0 aromatic heterocycles. The van der Waals surface area contributed by atoms with Crippen molar-refractivity contribution in [1.82, 2.24) is 0 Å². The van der Waals surface area contributed by atoms with Crippen molar-refractivity contribution in [1.29, 1.82) is 0 Å². The van der Waals surface area contributed by atoms with E-state index in [1.165, 1.54) is 0 Å². The molecule has 13 heavy (non-hydrogen) atoms. The van der Waals surface area contributed by atoms with Gasteiger partial charge in [-0.1, -0.05) is 0 Å². The fourth-order valence-corrected chi connectivity index (χ4v) is 2.75. The van der Waals surface area contributed by atoms with Gasteiger partial charge >= 0.3 is 98.8 Å². The Morgan fingerprint density at radius 3 is 2.77 bits per heavy atom. The molecule has 0 saturated carbocycles. The van der Waals surface area contributed by atoms with Crippen molar-refractivity contribution in [3.8, 4) is 5.75 Å². The molecule has 0 amide bonds. The fraction of sp³-hybridized carbons (Fsp3) is 0.250. The van der Waals surface area contributed by atoms with Gasteiger partial charge in [0.25, 0.3) is 0 Å². The number of anilines is 2. The summed E-state index contributed by atoms with van der Waals surface area (Å²) < 4.78 is 4.93. The van der Waals surface area contributed by atoms with Crippen LogP contribution in [-0.4, -0.2) is 35.4 Å². The Hall–Kier alpha value is -0.108. The molecule has 1 aliphatic heterocycles. The minimum absolute atomic E-state index is 0.200. The Morgan fingerprint density at radius 2 is 2.08 bits per heavy atom. The molecule has 0 spiro atoms. The van der Waals surface area contributed by atoms with E-state index in [2.05, 4.69) is 23.3 Å². The Labute approximate surface area is 98.3 Å². The molecule has 1 atom stereocenters. The summed E-state index contributed by atoms with van der Waals surface area (Å²) in [4.78, 5) is 0. The van der Waals surface area contributed by atoms with Crippen molar-refractivity contribution >= 4 is 49.8 Å². The molecule has 68 valence electrons. The first-order chi connectivity index (χ1) is 6.11. The van der Waals surface area contributed by atoms with E-state index in [1.807, 2.05) is 18.2 Å². The first-order valence-electron chi connectivity index (χ1n) is 3.86. The fourth-order valence-electron chi connectivity index (χ4n) is 1.30. The standard InChI is InChI=1S/C8H9N2OS.Pb.H/c1-11-5-2-3-6-7(4-5)10-8(12)9-6;;/h2-4,9-10,12H,1H3;;. The van der Waals surface area contributed by atoms with Crippen molar-refractivity contribution in [3.05, 3.63) is 18.2 Å². The van der Waals surface area contributed by atoms with E-state index < -0.39 is 0 Å². The number of hydrogen-bond donors (Lipinski definition) is 3. The quantitative estimate of drug-likeness (QED) is 0.495. The number of thiol groups is 1. The molecule has 0 aliphatic carbocycles. The molecular formula is C8H10N2OPbS. The van der Waals surface area contributed by atoms with E-state index in [0.29, 0.717) is 25.8 Å². The number of fused-ring (bicyclic) bond motifs is 1. The second kappa shape index (κ2) is 3.23. The van der Waals surface area contributed by atoms with Gasteiger partial charge in [-0.25, -0.2) is 0 Å². The van der Waals surface area contributed by atoms with Gasteiger partial charge in [-0.3, -0.25) is 0 Å². The van der Waals surface area contributed by atoms with Crippen molar-refractivity contribution in [2.45, 2.75) is 2.55 Å². The summed E-state index contributed by atoms with van der Waals surface area (Å²) in [5.74, 6) is 0.865. The topological polar surface area (TPSA) is 33.3 Å². The van der Waals surface area contributed by atoms with Gasteiger partial charge in [0.15, 0.2) is 0 Å². The van der Waals surface area contributed by atoms with E-state index in [1.54, 1.807) is 7.11 Å². The molecule has 2 rings (SSSR count). The molecule has 1 aromatic rings. The third-order valence-corrected chi connectivity index (χ3v) is 3.22. The van der Waals surface area contributed by atoms with Crippen LogP contribution in [0.2, 0.25) is 0 Å². The molecule has 3 nitrogen and oxygen atoms in total. The summed E-state index contributed by atoms with van der Waals surface area (Å²) >= 11 is 5.18. The Balaban J connectivity index is 2.36. The predicted octanol–water partition coefficient (Wildman–Crippen LogP) is 0.974. The third kappa shape index (κ3) is 1.88. The average Bonchev–Trinajstić information content (AvgIpc) is 2.36. The normalized spacial score (nSPS) is 24.5. The number of benzene rings is 1. The molecule has 1 heterocycles. The number of nitrogens with one attached hydrogen (secondary N) is 2. The minimum atomic E-state index is -0.200. The maximum atomic E-state index is 5.13. The van der Waals surface area contributed by atoms with Crippen LogP contribution < -0.4 is 15.4 Å². The Bertz CT molecular complexity index is 343. The van der Waals surface area contributed by atoms with Crippen LogP contribution in [0.5, 0.6) is 5.75 Å². The van der Waals surface area contributed by atoms with E-state index in [9.17, 15) is 0 Å². The summed E-state index contributed by atoms with van der Waals surface area (Å²) in [5, 5.41) is 6.59. The van der Waals surface area contributed by atoms with Gasteiger partial charge in [0.2, 0.25) is 0 Å². The summed E-state index contributed by atoms with van der Waals surface area (Å²) in [6.45, 7) is 0. The molecular weight excluding hydrogens is 379 g/mol. The van der Waals surface area contributed by atoms with Crippen LogP contribution in [0, 0.1) is 0 Å². The average molecular weight is 389 g/mol. The van der Waals surface area contributed by atoms with Gasteiger partial charge in [-0.15, -0.1) is 0 Å². The molecule has 1 aromatic carbocycles. The van der Waals surface area contributed by atoms with Gasteiger partial charge in [-0.2, -0.15) is 0 Å².